The van der Waals surface area contributed by atoms with Crippen molar-refractivity contribution in [2.75, 3.05) is 32.7 Å². The van der Waals surface area contributed by atoms with Gasteiger partial charge in [-0.05, 0) is 30.0 Å². The molecule has 3 heterocycles. The van der Waals surface area contributed by atoms with Crippen molar-refractivity contribution < 1.29 is 0 Å². The van der Waals surface area contributed by atoms with Gasteiger partial charge in [0.2, 0.25) is 0 Å². The van der Waals surface area contributed by atoms with Gasteiger partial charge in [-0.25, -0.2) is 4.79 Å². The number of nitrogens with zero attached hydrogens (tertiary/aromatic N) is 4. The van der Waals surface area contributed by atoms with Crippen molar-refractivity contribution in [2.45, 2.75) is 19.5 Å². The van der Waals surface area contributed by atoms with Crippen LogP contribution >= 0.6 is 11.3 Å². The number of aryl methyl sites for hydroxylation is 2. The van der Waals surface area contributed by atoms with Crippen LogP contribution in [0.25, 0.3) is 10.3 Å². The molecule has 0 atom stereocenters. The van der Waals surface area contributed by atoms with Gasteiger partial charge in [-0.3, -0.25) is 14.0 Å². The molecule has 1 aromatic carbocycles. The number of imidazole rings is 1. The minimum absolute atomic E-state index is 0.111. The van der Waals surface area contributed by atoms with Crippen LogP contribution in [0.4, 0.5) is 0 Å². The number of fused-ring (bicyclic) bond motifs is 1. The normalized spacial score (nSPS) is 16.5. The second kappa shape index (κ2) is 7.78. The van der Waals surface area contributed by atoms with Crippen LogP contribution in [0.3, 0.4) is 0 Å². The number of aromatic nitrogens is 2. The molecule has 4 rings (SSSR count). The molecule has 0 bridgehead atoms. The van der Waals surface area contributed by atoms with E-state index in [1.807, 2.05) is 11.6 Å². The first kappa shape index (κ1) is 17.5. The number of hydrogen-bond donors (Lipinski definition) is 0. The van der Waals surface area contributed by atoms with Gasteiger partial charge in [-0.2, -0.15) is 0 Å². The summed E-state index contributed by atoms with van der Waals surface area (Å²) < 4.78 is 3.69. The highest BCUT2D eigenvalue weighted by atomic mass is 32.1. The summed E-state index contributed by atoms with van der Waals surface area (Å²) in [6.45, 7) is 7.38. The highest BCUT2D eigenvalue weighted by molar-refractivity contribution is 7.16. The lowest BCUT2D eigenvalue weighted by atomic mass is 10.2. The van der Waals surface area contributed by atoms with Gasteiger partial charge in [0, 0.05) is 46.3 Å². The van der Waals surface area contributed by atoms with Gasteiger partial charge in [0.1, 0.15) is 4.83 Å². The van der Waals surface area contributed by atoms with Crippen LogP contribution in [0.1, 0.15) is 12.0 Å². The minimum atomic E-state index is 0.111. The first-order valence-corrected chi connectivity index (χ1v) is 10.2. The van der Waals surface area contributed by atoms with Gasteiger partial charge < -0.3 is 4.90 Å². The second-order valence-corrected chi connectivity index (χ2v) is 7.96. The molecule has 6 heteroatoms. The zero-order valence-corrected chi connectivity index (χ0v) is 16.1. The minimum Gasteiger partial charge on any atom is -0.301 e. The molecule has 1 aliphatic heterocycles. The number of thiophene rings is 1. The molecule has 0 N–H and O–H groups in total. The van der Waals surface area contributed by atoms with E-state index >= 15 is 0 Å². The van der Waals surface area contributed by atoms with E-state index in [2.05, 4.69) is 51.6 Å². The monoisotopic (exact) mass is 370 g/mol. The molecule has 0 aliphatic carbocycles. The zero-order valence-electron chi connectivity index (χ0n) is 15.3. The lowest BCUT2D eigenvalue weighted by Gasteiger charge is -2.34. The van der Waals surface area contributed by atoms with E-state index in [1.165, 1.54) is 5.56 Å². The fourth-order valence-electron chi connectivity index (χ4n) is 3.80. The maximum absolute atomic E-state index is 12.4. The predicted molar refractivity (Wildman–Crippen MR) is 108 cm³/mol. The van der Waals surface area contributed by atoms with Crippen LogP contribution in [0.15, 0.2) is 46.6 Å². The molecule has 0 unspecified atom stereocenters. The third-order valence-electron chi connectivity index (χ3n) is 5.31. The first-order valence-electron chi connectivity index (χ1n) is 9.34. The van der Waals surface area contributed by atoms with Crippen molar-refractivity contribution in [2.24, 2.45) is 7.05 Å². The largest absolute Gasteiger partial charge is 0.329 e. The average Bonchev–Trinajstić information content (AvgIpc) is 3.23. The van der Waals surface area contributed by atoms with E-state index < -0.39 is 0 Å². The summed E-state index contributed by atoms with van der Waals surface area (Å²) in [4.78, 5) is 18.5. The molecule has 5 nitrogen and oxygen atoms in total. The van der Waals surface area contributed by atoms with Gasteiger partial charge >= 0.3 is 5.69 Å². The van der Waals surface area contributed by atoms with Crippen LogP contribution in [0.2, 0.25) is 0 Å². The van der Waals surface area contributed by atoms with Crippen molar-refractivity contribution >= 4 is 21.7 Å². The molecule has 0 saturated carbocycles. The maximum Gasteiger partial charge on any atom is 0.329 e. The van der Waals surface area contributed by atoms with Gasteiger partial charge in [0.15, 0.2) is 0 Å². The van der Waals surface area contributed by atoms with E-state index in [4.69, 9.17) is 0 Å². The lowest BCUT2D eigenvalue weighted by Crippen LogP contribution is -2.46. The molecule has 0 spiro atoms. The molecule has 1 aliphatic rings. The zero-order chi connectivity index (χ0) is 17.9. The lowest BCUT2D eigenvalue weighted by molar-refractivity contribution is 0.125. The van der Waals surface area contributed by atoms with E-state index in [1.54, 1.807) is 15.9 Å². The molecular weight excluding hydrogens is 344 g/mol. The third kappa shape index (κ3) is 3.63. The van der Waals surface area contributed by atoms with Crippen LogP contribution in [0, 0.1) is 0 Å². The summed E-state index contributed by atoms with van der Waals surface area (Å²) in [5.74, 6) is 0. The SMILES string of the molecule is Cn1c(=O)n(CCCN2CCN(Cc3ccccc3)CC2)c2ccsc21. The molecule has 26 heavy (non-hydrogen) atoms. The Labute approximate surface area is 158 Å². The quantitative estimate of drug-likeness (QED) is 0.669. The van der Waals surface area contributed by atoms with Crippen molar-refractivity contribution in [3.8, 4) is 0 Å². The van der Waals surface area contributed by atoms with Crippen LogP contribution in [-0.2, 0) is 20.1 Å². The third-order valence-corrected chi connectivity index (χ3v) is 6.29. The number of benzene rings is 1. The molecule has 0 amide bonds. The highest BCUT2D eigenvalue weighted by Crippen LogP contribution is 2.19. The molecule has 138 valence electrons. The molecule has 2 aromatic heterocycles. The standard InChI is InChI=1S/C20H26N4OS/c1-21-19-18(8-15-26-19)24(20(21)25)10-5-9-22-11-13-23(14-12-22)16-17-6-3-2-4-7-17/h2-4,6-8,15H,5,9-14,16H2,1H3. The van der Waals surface area contributed by atoms with Gasteiger partial charge in [0.05, 0.1) is 5.52 Å². The summed E-state index contributed by atoms with van der Waals surface area (Å²) in [6, 6.07) is 12.8. The van der Waals surface area contributed by atoms with Crippen molar-refractivity contribution in [1.82, 2.24) is 18.9 Å². The Hall–Kier alpha value is -1.89. The van der Waals surface area contributed by atoms with Crippen molar-refractivity contribution in [1.29, 1.82) is 0 Å². The van der Waals surface area contributed by atoms with Gasteiger partial charge in [-0.15, -0.1) is 11.3 Å². The van der Waals surface area contributed by atoms with Crippen LogP contribution < -0.4 is 5.69 Å². The first-order chi connectivity index (χ1) is 12.7. The highest BCUT2D eigenvalue weighted by Gasteiger charge is 2.17. The summed E-state index contributed by atoms with van der Waals surface area (Å²) in [7, 11) is 1.86. The summed E-state index contributed by atoms with van der Waals surface area (Å²) >= 11 is 1.64. The molecule has 3 aromatic rings. The van der Waals surface area contributed by atoms with Gasteiger partial charge in [-0.1, -0.05) is 30.3 Å². The summed E-state index contributed by atoms with van der Waals surface area (Å²) in [6.07, 6.45) is 1.02. The fraction of sp³-hybridized carbons (Fsp3) is 0.450. The average molecular weight is 371 g/mol. The summed E-state index contributed by atoms with van der Waals surface area (Å²) in [5.41, 5.74) is 2.58. The Bertz CT molecular complexity index is 903. The smallest absolute Gasteiger partial charge is 0.301 e. The Morgan fingerprint density at radius 3 is 2.46 bits per heavy atom. The molecule has 1 saturated heterocycles. The molecule has 1 fully saturated rings. The van der Waals surface area contributed by atoms with Crippen molar-refractivity contribution in [3.63, 3.8) is 0 Å². The number of hydrogen-bond acceptors (Lipinski definition) is 4. The molecular formula is C20H26N4OS. The Morgan fingerprint density at radius 1 is 0.962 bits per heavy atom. The Balaban J connectivity index is 1.26. The Morgan fingerprint density at radius 2 is 1.69 bits per heavy atom. The number of piperazine rings is 1. The number of rotatable bonds is 6. The van der Waals surface area contributed by atoms with Crippen LogP contribution in [-0.4, -0.2) is 51.7 Å². The van der Waals surface area contributed by atoms with E-state index in [0.29, 0.717) is 0 Å². The fourth-order valence-corrected chi connectivity index (χ4v) is 4.66. The van der Waals surface area contributed by atoms with Gasteiger partial charge in [0.25, 0.3) is 0 Å². The van der Waals surface area contributed by atoms with Crippen molar-refractivity contribution in [3.05, 3.63) is 57.8 Å². The topological polar surface area (TPSA) is 33.4 Å². The van der Waals surface area contributed by atoms with Crippen LogP contribution in [0.5, 0.6) is 0 Å². The Kier molecular flexibility index (Phi) is 5.24. The molecule has 0 radical (unpaired) electrons. The van der Waals surface area contributed by atoms with E-state index in [-0.39, 0.29) is 5.69 Å². The maximum atomic E-state index is 12.4. The van der Waals surface area contributed by atoms with E-state index in [0.717, 1.165) is 62.6 Å². The summed E-state index contributed by atoms with van der Waals surface area (Å²) in [5, 5.41) is 2.06. The van der Waals surface area contributed by atoms with E-state index in [9.17, 15) is 4.79 Å². The second-order valence-electron chi connectivity index (χ2n) is 7.06. The predicted octanol–water partition coefficient (Wildman–Crippen LogP) is 2.61.